The molecule has 0 bridgehead atoms. The predicted octanol–water partition coefficient (Wildman–Crippen LogP) is 3.54. The summed E-state index contributed by atoms with van der Waals surface area (Å²) >= 11 is 12.2. The lowest BCUT2D eigenvalue weighted by atomic mass is 9.65. The highest BCUT2D eigenvalue weighted by molar-refractivity contribution is 7.88. The van der Waals surface area contributed by atoms with Crippen LogP contribution < -0.4 is 5.32 Å². The maximum Gasteiger partial charge on any atom is 0.279 e. The van der Waals surface area contributed by atoms with Crippen molar-refractivity contribution >= 4 is 39.1 Å². The minimum atomic E-state index is -4.84. The Balaban J connectivity index is 2.34. The van der Waals surface area contributed by atoms with E-state index in [1.807, 2.05) is 0 Å². The minimum Gasteiger partial charge on any atom is -0.316 e. The summed E-state index contributed by atoms with van der Waals surface area (Å²) in [4.78, 5) is 17.6. The van der Waals surface area contributed by atoms with E-state index in [9.17, 15) is 17.8 Å². The molecule has 0 radical (unpaired) electrons. The van der Waals surface area contributed by atoms with Crippen LogP contribution in [0.3, 0.4) is 0 Å². The third-order valence-corrected chi connectivity index (χ3v) is 8.09. The first-order valence-electron chi connectivity index (χ1n) is 8.79. The van der Waals surface area contributed by atoms with Crippen molar-refractivity contribution in [3.63, 3.8) is 0 Å². The van der Waals surface area contributed by atoms with E-state index in [2.05, 4.69) is 10.3 Å². The second-order valence-corrected chi connectivity index (χ2v) is 9.30. The Labute approximate surface area is 174 Å². The maximum absolute atomic E-state index is 13.6. The number of ketones is 1. The first kappa shape index (κ1) is 21.2. The third-order valence-electron chi connectivity index (χ3n) is 5.60. The van der Waals surface area contributed by atoms with Gasteiger partial charge in [-0.15, -0.1) is 0 Å². The van der Waals surface area contributed by atoms with Gasteiger partial charge in [0.05, 0.1) is 10.0 Å². The zero-order chi connectivity index (χ0) is 20.6. The fourth-order valence-corrected chi connectivity index (χ4v) is 6.06. The Morgan fingerprint density at radius 2 is 2.04 bits per heavy atom. The van der Waals surface area contributed by atoms with Crippen molar-refractivity contribution < 1.29 is 17.8 Å². The Kier molecular flexibility index (Phi) is 5.85. The van der Waals surface area contributed by atoms with Crippen molar-refractivity contribution in [3.8, 4) is 0 Å². The topological polar surface area (TPSA) is 96.4 Å². The number of carbonyl (C=O) groups excluding carboxylic acids is 1. The van der Waals surface area contributed by atoms with Gasteiger partial charge in [-0.05, 0) is 49.2 Å². The molecule has 1 aliphatic heterocycles. The van der Waals surface area contributed by atoms with E-state index < -0.39 is 26.1 Å². The van der Waals surface area contributed by atoms with Gasteiger partial charge in [0.25, 0.3) is 10.1 Å². The summed E-state index contributed by atoms with van der Waals surface area (Å²) in [5.74, 6) is -0.743. The molecular formula is C19H20Cl2N2O4S. The zero-order valence-corrected chi connectivity index (χ0v) is 17.5. The number of nitrogens with one attached hydrogen (secondary N) is 1. The predicted molar refractivity (Wildman–Crippen MR) is 109 cm³/mol. The Bertz CT molecular complexity index is 992. The van der Waals surface area contributed by atoms with E-state index in [-0.39, 0.29) is 23.7 Å². The number of nitrogens with zero attached hydrogens (tertiary/aromatic N) is 1. The average Bonchev–Trinajstić information content (AvgIpc) is 3.15. The second kappa shape index (κ2) is 7.72. The molecule has 3 rings (SSSR count). The average molecular weight is 443 g/mol. The lowest BCUT2D eigenvalue weighted by Crippen LogP contribution is -2.62. The molecule has 150 valence electrons. The van der Waals surface area contributed by atoms with Crippen molar-refractivity contribution in [2.75, 3.05) is 13.1 Å². The maximum atomic E-state index is 13.6. The zero-order valence-electron chi connectivity index (χ0n) is 15.2. The van der Waals surface area contributed by atoms with Crippen molar-refractivity contribution in [1.29, 1.82) is 0 Å². The lowest BCUT2D eigenvalue weighted by molar-refractivity contribution is 0.0863. The second-order valence-electron chi connectivity index (χ2n) is 6.84. The first-order valence-corrected chi connectivity index (χ1v) is 11.0. The number of hydrogen-bond donors (Lipinski definition) is 2. The summed E-state index contributed by atoms with van der Waals surface area (Å²) in [6.07, 6.45) is 1.59. The molecule has 2 N–H and O–H groups in total. The highest BCUT2D eigenvalue weighted by Crippen LogP contribution is 2.49. The monoisotopic (exact) mass is 442 g/mol. The van der Waals surface area contributed by atoms with E-state index >= 15 is 0 Å². The molecule has 2 unspecified atom stereocenters. The van der Waals surface area contributed by atoms with Crippen LogP contribution in [0.15, 0.2) is 42.6 Å². The fraction of sp³-hybridized carbons (Fsp3) is 0.368. The number of hydrogen-bond acceptors (Lipinski definition) is 5. The van der Waals surface area contributed by atoms with Crippen LogP contribution in [-0.4, -0.2) is 41.6 Å². The molecule has 9 heteroatoms. The summed E-state index contributed by atoms with van der Waals surface area (Å²) < 4.78 is 34.0. The quantitative estimate of drug-likeness (QED) is 0.524. The normalized spacial score (nSPS) is 22.0. The minimum absolute atomic E-state index is 0.0201. The number of pyridine rings is 1. The lowest BCUT2D eigenvalue weighted by Gasteiger charge is -2.44. The Hall–Kier alpha value is -1.51. The van der Waals surface area contributed by atoms with Crippen LogP contribution in [0.2, 0.25) is 10.0 Å². The molecule has 1 saturated heterocycles. The smallest absolute Gasteiger partial charge is 0.279 e. The van der Waals surface area contributed by atoms with E-state index in [1.54, 1.807) is 37.3 Å². The molecule has 1 aliphatic rings. The Morgan fingerprint density at radius 3 is 2.54 bits per heavy atom. The Morgan fingerprint density at radius 1 is 1.29 bits per heavy atom. The summed E-state index contributed by atoms with van der Waals surface area (Å²) in [6, 6.07) is 9.46. The molecular weight excluding hydrogens is 423 g/mol. The number of aromatic nitrogens is 1. The summed E-state index contributed by atoms with van der Waals surface area (Å²) in [5.41, 5.74) is -0.734. The molecule has 2 aromatic rings. The van der Waals surface area contributed by atoms with Crippen molar-refractivity contribution in [2.24, 2.45) is 0 Å². The molecule has 0 spiro atoms. The number of rotatable bonds is 6. The van der Waals surface area contributed by atoms with Crippen LogP contribution in [0.4, 0.5) is 0 Å². The SMILES string of the molecule is CCC(C(=O)c1ccccn1)(C1(c2ccc(Cl)c(Cl)c2)CCNC1)S(=O)(=O)O. The van der Waals surface area contributed by atoms with Crippen LogP contribution in [0.1, 0.15) is 35.8 Å². The van der Waals surface area contributed by atoms with Crippen LogP contribution in [0, 0.1) is 0 Å². The number of benzene rings is 1. The van der Waals surface area contributed by atoms with E-state index in [1.165, 1.54) is 12.3 Å². The molecule has 2 atom stereocenters. The molecule has 0 amide bonds. The van der Waals surface area contributed by atoms with Crippen LogP contribution >= 0.6 is 23.2 Å². The van der Waals surface area contributed by atoms with Crippen LogP contribution in [-0.2, 0) is 15.5 Å². The molecule has 2 heterocycles. The van der Waals surface area contributed by atoms with Crippen molar-refractivity contribution in [2.45, 2.75) is 29.9 Å². The van der Waals surface area contributed by atoms with Gasteiger partial charge in [0, 0.05) is 18.2 Å². The van der Waals surface area contributed by atoms with Gasteiger partial charge in [0.2, 0.25) is 5.78 Å². The van der Waals surface area contributed by atoms with Gasteiger partial charge in [0.15, 0.2) is 4.75 Å². The van der Waals surface area contributed by atoms with E-state index in [4.69, 9.17) is 23.2 Å². The molecule has 1 aromatic heterocycles. The highest BCUT2D eigenvalue weighted by atomic mass is 35.5. The van der Waals surface area contributed by atoms with Crippen LogP contribution in [0.5, 0.6) is 0 Å². The van der Waals surface area contributed by atoms with Gasteiger partial charge >= 0.3 is 0 Å². The van der Waals surface area contributed by atoms with E-state index in [0.29, 0.717) is 23.6 Å². The molecule has 6 nitrogen and oxygen atoms in total. The van der Waals surface area contributed by atoms with Gasteiger partial charge in [-0.25, -0.2) is 0 Å². The third kappa shape index (κ3) is 3.15. The molecule has 1 fully saturated rings. The number of carbonyl (C=O) groups is 1. The highest BCUT2D eigenvalue weighted by Gasteiger charge is 2.65. The van der Waals surface area contributed by atoms with Gasteiger partial charge in [-0.1, -0.05) is 42.3 Å². The standard InChI is InChI=1S/C19H20Cl2N2O4S/c1-2-19(28(25,26)27,17(24)16-5-3-4-9-23-16)18(8-10-22-12-18)13-6-7-14(20)15(21)11-13/h3-7,9,11,22H,2,8,10,12H2,1H3,(H,25,26,27). The summed E-state index contributed by atoms with van der Waals surface area (Å²) in [7, 11) is -4.84. The largest absolute Gasteiger partial charge is 0.316 e. The van der Waals surface area contributed by atoms with Crippen molar-refractivity contribution in [1.82, 2.24) is 10.3 Å². The first-order chi connectivity index (χ1) is 13.2. The summed E-state index contributed by atoms with van der Waals surface area (Å²) in [6.45, 7) is 2.23. The van der Waals surface area contributed by atoms with Crippen LogP contribution in [0.25, 0.3) is 0 Å². The van der Waals surface area contributed by atoms with Gasteiger partial charge < -0.3 is 5.32 Å². The van der Waals surface area contributed by atoms with Gasteiger partial charge in [-0.2, -0.15) is 8.42 Å². The van der Waals surface area contributed by atoms with Gasteiger partial charge in [-0.3, -0.25) is 14.3 Å². The number of Topliss-reactive ketones (excluding diaryl/α,β-unsaturated/α-hetero) is 1. The van der Waals surface area contributed by atoms with E-state index in [0.717, 1.165) is 0 Å². The molecule has 0 aliphatic carbocycles. The summed E-state index contributed by atoms with van der Waals surface area (Å²) in [5, 5.41) is 3.70. The fourth-order valence-electron chi connectivity index (χ4n) is 4.28. The molecule has 28 heavy (non-hydrogen) atoms. The van der Waals surface area contributed by atoms with Crippen molar-refractivity contribution in [3.05, 3.63) is 63.9 Å². The number of halogens is 2. The van der Waals surface area contributed by atoms with Gasteiger partial charge in [0.1, 0.15) is 5.69 Å². The molecule has 1 aromatic carbocycles. The molecule has 0 saturated carbocycles.